The number of alkyl halides is 1. The lowest BCUT2D eigenvalue weighted by Crippen LogP contribution is -2.02. The van der Waals surface area contributed by atoms with Gasteiger partial charge >= 0.3 is 0 Å². The Morgan fingerprint density at radius 1 is 0.969 bits per heavy atom. The quantitative estimate of drug-likeness (QED) is 0.390. The summed E-state index contributed by atoms with van der Waals surface area (Å²) in [6.45, 7) is 0. The van der Waals surface area contributed by atoms with Crippen LogP contribution in [0.25, 0.3) is 39.5 Å². The topological polar surface area (TPSA) is 91.7 Å². The van der Waals surface area contributed by atoms with E-state index in [1.165, 1.54) is 0 Å². The molecular weight excluding hydrogens is 424 g/mol. The number of hydrogen-bond acceptors (Lipinski definition) is 6. The number of anilines is 1. The first-order valence-electron chi connectivity index (χ1n) is 9.93. The fourth-order valence-electron chi connectivity index (χ4n) is 3.63. The van der Waals surface area contributed by atoms with Gasteiger partial charge in [0.15, 0.2) is 11.5 Å². The van der Waals surface area contributed by atoms with Crippen molar-refractivity contribution in [2.24, 2.45) is 0 Å². The Kier molecular flexibility index (Phi) is 5.17. The number of imidazole rings is 1. The van der Waals surface area contributed by atoms with Crippen LogP contribution in [-0.2, 0) is 5.88 Å². The molecule has 1 aromatic carbocycles. The molecule has 0 radical (unpaired) electrons. The summed E-state index contributed by atoms with van der Waals surface area (Å²) in [5.74, 6) is 2.19. The second-order valence-corrected chi connectivity index (χ2v) is 7.39. The molecule has 7 nitrogen and oxygen atoms in total. The van der Waals surface area contributed by atoms with Crippen molar-refractivity contribution in [1.82, 2.24) is 24.5 Å². The number of nitrogens with two attached hydrogens (primary N) is 1. The number of halogens is 1. The molecule has 2 N–H and O–H groups in total. The van der Waals surface area contributed by atoms with E-state index >= 15 is 0 Å². The average Bonchev–Trinajstić information content (AvgIpc) is 3.22. The van der Waals surface area contributed by atoms with E-state index in [4.69, 9.17) is 32.0 Å². The molecule has 0 fully saturated rings. The highest BCUT2D eigenvalue weighted by Gasteiger charge is 2.19. The molecule has 0 atom stereocenters. The molecule has 0 aliphatic rings. The van der Waals surface area contributed by atoms with Crippen LogP contribution < -0.4 is 10.5 Å². The highest BCUT2D eigenvalue weighted by molar-refractivity contribution is 6.17. The van der Waals surface area contributed by atoms with Crippen molar-refractivity contribution in [2.75, 3.05) is 12.8 Å². The summed E-state index contributed by atoms with van der Waals surface area (Å²) in [6, 6.07) is 17.4. The van der Waals surface area contributed by atoms with Gasteiger partial charge in [-0.05, 0) is 48.0 Å². The zero-order valence-electron chi connectivity index (χ0n) is 17.2. The second-order valence-electron chi connectivity index (χ2n) is 7.12. The van der Waals surface area contributed by atoms with Gasteiger partial charge in [-0.1, -0.05) is 12.1 Å². The van der Waals surface area contributed by atoms with Crippen LogP contribution in [0.1, 0.15) is 5.56 Å². The van der Waals surface area contributed by atoms with Crippen LogP contribution in [-0.4, -0.2) is 31.6 Å². The molecule has 4 aromatic heterocycles. The number of aromatic nitrogens is 5. The average molecular weight is 443 g/mol. The van der Waals surface area contributed by atoms with Crippen molar-refractivity contribution >= 4 is 28.6 Å². The highest BCUT2D eigenvalue weighted by atomic mass is 35.5. The van der Waals surface area contributed by atoms with Crippen molar-refractivity contribution in [2.45, 2.75) is 5.88 Å². The van der Waals surface area contributed by atoms with Gasteiger partial charge in [0.25, 0.3) is 0 Å². The Balaban J connectivity index is 1.79. The molecule has 8 heteroatoms. The Bertz CT molecular complexity index is 1410. The third-order valence-electron chi connectivity index (χ3n) is 5.21. The first kappa shape index (κ1) is 20.0. The van der Waals surface area contributed by atoms with Crippen LogP contribution in [0.5, 0.6) is 5.75 Å². The van der Waals surface area contributed by atoms with Gasteiger partial charge in [-0.3, -0.25) is 9.55 Å². The van der Waals surface area contributed by atoms with Gasteiger partial charge in [-0.25, -0.2) is 15.0 Å². The smallest absolute Gasteiger partial charge is 0.165 e. The zero-order valence-corrected chi connectivity index (χ0v) is 18.0. The minimum atomic E-state index is 0.399. The van der Waals surface area contributed by atoms with E-state index in [-0.39, 0.29) is 0 Å². The van der Waals surface area contributed by atoms with Crippen molar-refractivity contribution < 1.29 is 4.74 Å². The molecule has 4 heterocycles. The lowest BCUT2D eigenvalue weighted by molar-refractivity contribution is 0.416. The molecule has 0 saturated carbocycles. The normalized spacial score (nSPS) is 11.1. The molecule has 5 rings (SSSR count). The summed E-state index contributed by atoms with van der Waals surface area (Å²) in [5, 5.41) is 0. The number of nitrogens with zero attached hydrogens (tertiary/aromatic N) is 5. The molecule has 0 spiro atoms. The zero-order chi connectivity index (χ0) is 22.1. The molecule has 32 heavy (non-hydrogen) atoms. The summed E-state index contributed by atoms with van der Waals surface area (Å²) < 4.78 is 7.48. The first-order chi connectivity index (χ1) is 15.7. The Morgan fingerprint density at radius 2 is 1.81 bits per heavy atom. The molecule has 0 aliphatic carbocycles. The maximum absolute atomic E-state index is 6.20. The molecule has 5 aromatic rings. The van der Waals surface area contributed by atoms with E-state index in [0.29, 0.717) is 28.9 Å². The van der Waals surface area contributed by atoms with Crippen molar-refractivity contribution in [3.8, 4) is 34.1 Å². The van der Waals surface area contributed by atoms with Crippen LogP contribution in [0.4, 0.5) is 5.82 Å². The van der Waals surface area contributed by atoms with Crippen LogP contribution in [0.3, 0.4) is 0 Å². The highest BCUT2D eigenvalue weighted by Crippen LogP contribution is 2.33. The van der Waals surface area contributed by atoms with E-state index < -0.39 is 0 Å². The molecule has 0 unspecified atom stereocenters. The maximum atomic E-state index is 6.20. The van der Waals surface area contributed by atoms with E-state index in [2.05, 4.69) is 9.97 Å². The van der Waals surface area contributed by atoms with Crippen LogP contribution in [0.15, 0.2) is 73.2 Å². The predicted molar refractivity (Wildman–Crippen MR) is 126 cm³/mol. The van der Waals surface area contributed by atoms with Gasteiger partial charge in [0.05, 0.1) is 23.9 Å². The van der Waals surface area contributed by atoms with Crippen molar-refractivity contribution in [3.63, 3.8) is 0 Å². The number of hydrogen-bond donors (Lipinski definition) is 1. The van der Waals surface area contributed by atoms with E-state index in [0.717, 1.165) is 33.6 Å². The van der Waals surface area contributed by atoms with Crippen LogP contribution in [0, 0.1) is 0 Å². The van der Waals surface area contributed by atoms with Gasteiger partial charge in [-0.2, -0.15) is 0 Å². The number of rotatable bonds is 5. The van der Waals surface area contributed by atoms with Gasteiger partial charge in [0, 0.05) is 30.2 Å². The van der Waals surface area contributed by atoms with Crippen molar-refractivity contribution in [1.29, 1.82) is 0 Å². The molecule has 0 saturated heterocycles. The van der Waals surface area contributed by atoms with Crippen LogP contribution in [0.2, 0.25) is 0 Å². The number of benzene rings is 1. The third-order valence-corrected chi connectivity index (χ3v) is 5.52. The summed E-state index contributed by atoms with van der Waals surface area (Å²) >= 11 is 5.99. The minimum absolute atomic E-state index is 0.399. The van der Waals surface area contributed by atoms with Crippen molar-refractivity contribution in [3.05, 3.63) is 78.8 Å². The van der Waals surface area contributed by atoms with Crippen LogP contribution >= 0.6 is 11.6 Å². The second kappa shape index (κ2) is 8.28. The van der Waals surface area contributed by atoms with E-state index in [1.807, 2.05) is 59.2 Å². The minimum Gasteiger partial charge on any atom is -0.496 e. The Morgan fingerprint density at radius 3 is 2.56 bits per heavy atom. The van der Waals surface area contributed by atoms with Gasteiger partial charge in [0.1, 0.15) is 17.1 Å². The number of fused-ring (bicyclic) bond motifs is 1. The summed E-state index contributed by atoms with van der Waals surface area (Å²) in [7, 11) is 1.63. The SMILES string of the molecule is COc1ccncc1-c1ccc2nc(-c3cccnc3N)n(-c3ccc(CCl)cc3)c2n1. The summed E-state index contributed by atoms with van der Waals surface area (Å²) in [5.41, 5.74) is 11.8. The molecule has 0 bridgehead atoms. The lowest BCUT2D eigenvalue weighted by atomic mass is 10.1. The van der Waals surface area contributed by atoms with E-state index in [1.54, 1.807) is 25.7 Å². The largest absolute Gasteiger partial charge is 0.496 e. The molecule has 0 aliphatic heterocycles. The fourth-order valence-corrected chi connectivity index (χ4v) is 3.80. The Hall–Kier alpha value is -3.97. The standard InChI is InChI=1S/C24H19ClN6O/c1-32-21-10-12-27-14-18(21)19-8-9-20-24(29-19)31(16-6-4-15(13-25)5-7-16)23(30-20)17-3-2-11-28-22(17)26/h2-12,14H,13H2,1H3,(H2,26,28). The Labute approximate surface area is 189 Å². The first-order valence-corrected chi connectivity index (χ1v) is 10.5. The van der Waals surface area contributed by atoms with E-state index in [9.17, 15) is 0 Å². The number of ether oxygens (including phenoxy) is 1. The number of pyridine rings is 3. The number of methoxy groups -OCH3 is 1. The molecule has 158 valence electrons. The maximum Gasteiger partial charge on any atom is 0.165 e. The lowest BCUT2D eigenvalue weighted by Gasteiger charge is -2.11. The van der Waals surface area contributed by atoms with Gasteiger partial charge < -0.3 is 10.5 Å². The molecule has 0 amide bonds. The third kappa shape index (κ3) is 3.42. The summed E-state index contributed by atoms with van der Waals surface area (Å²) in [6.07, 6.45) is 5.09. The summed E-state index contributed by atoms with van der Waals surface area (Å²) in [4.78, 5) is 18.3. The molecular formula is C24H19ClN6O. The van der Waals surface area contributed by atoms with Gasteiger partial charge in [0.2, 0.25) is 0 Å². The predicted octanol–water partition coefficient (Wildman–Crippen LogP) is 4.87. The number of nitrogen functional groups attached to an aromatic ring is 1. The monoisotopic (exact) mass is 442 g/mol. The van der Waals surface area contributed by atoms with Gasteiger partial charge in [-0.15, -0.1) is 11.6 Å². The fraction of sp³-hybridized carbons (Fsp3) is 0.0833.